The predicted molar refractivity (Wildman–Crippen MR) is 112 cm³/mol. The van der Waals surface area contributed by atoms with Crippen LogP contribution in [0.15, 0.2) is 51.2 Å². The average Bonchev–Trinajstić information content (AvgIpc) is 3.03. The summed E-state index contributed by atoms with van der Waals surface area (Å²) in [6, 6.07) is 12.0. The molecule has 7 heteroatoms. The number of hydrogen-bond acceptors (Lipinski definition) is 3. The second kappa shape index (κ2) is 10.9. The third-order valence-corrected chi connectivity index (χ3v) is 4.49. The van der Waals surface area contributed by atoms with Crippen molar-refractivity contribution >= 4 is 57.2 Å². The van der Waals surface area contributed by atoms with Gasteiger partial charge in [0.05, 0.1) is 17.6 Å². The molecule has 126 valence electrons. The lowest BCUT2D eigenvalue weighted by molar-refractivity contribution is 0.222. The monoisotopic (exact) mass is 509 g/mol. The van der Waals surface area contributed by atoms with E-state index in [4.69, 9.17) is 4.74 Å². The van der Waals surface area contributed by atoms with Crippen LogP contribution < -0.4 is 15.4 Å². The number of ether oxygens (including phenoxy) is 1. The molecule has 0 aliphatic rings. The number of nitrogens with one attached hydrogen (secondary N) is 2. The van der Waals surface area contributed by atoms with E-state index in [0.29, 0.717) is 6.54 Å². The summed E-state index contributed by atoms with van der Waals surface area (Å²) in [4.78, 5) is 5.50. The lowest BCUT2D eigenvalue weighted by Gasteiger charge is -2.18. The quantitative estimate of drug-likeness (QED) is 0.347. The Hall–Kier alpha value is -0.800. The van der Waals surface area contributed by atoms with Gasteiger partial charge in [-0.1, -0.05) is 18.2 Å². The minimum Gasteiger partial charge on any atom is -0.488 e. The van der Waals surface area contributed by atoms with Gasteiger partial charge in [-0.15, -0.1) is 35.3 Å². The van der Waals surface area contributed by atoms with Gasteiger partial charge in [-0.05, 0) is 46.4 Å². The standard InChI is InChI=1S/C16H20BrN3OS.HI/c1-12(21-15-8-4-3-7-14(15)17)10-19-16(18-2)20-11-13-6-5-9-22-13;/h3-9,12H,10-11H2,1-2H3,(H2,18,19,20);1H. The lowest BCUT2D eigenvalue weighted by Crippen LogP contribution is -2.41. The van der Waals surface area contributed by atoms with Crippen LogP contribution in [0.25, 0.3) is 0 Å². The number of nitrogens with zero attached hydrogens (tertiary/aromatic N) is 1. The molecule has 2 rings (SSSR count). The molecule has 0 aliphatic carbocycles. The molecule has 1 atom stereocenters. The average molecular weight is 510 g/mol. The summed E-state index contributed by atoms with van der Waals surface area (Å²) in [7, 11) is 1.77. The Morgan fingerprint density at radius 2 is 2.04 bits per heavy atom. The number of aliphatic imine (C=N–C) groups is 1. The van der Waals surface area contributed by atoms with E-state index < -0.39 is 0 Å². The molecule has 0 saturated heterocycles. The molecular weight excluding hydrogens is 489 g/mol. The van der Waals surface area contributed by atoms with Crippen LogP contribution in [0.3, 0.4) is 0 Å². The number of halogens is 2. The van der Waals surface area contributed by atoms with Gasteiger partial charge >= 0.3 is 0 Å². The molecule has 4 nitrogen and oxygen atoms in total. The Kier molecular flexibility index (Phi) is 9.57. The first-order chi connectivity index (χ1) is 10.7. The third-order valence-electron chi connectivity index (χ3n) is 2.96. The summed E-state index contributed by atoms with van der Waals surface area (Å²) in [5, 5.41) is 8.63. The Morgan fingerprint density at radius 3 is 2.70 bits per heavy atom. The molecule has 23 heavy (non-hydrogen) atoms. The highest BCUT2D eigenvalue weighted by molar-refractivity contribution is 14.0. The summed E-state index contributed by atoms with van der Waals surface area (Å²) in [5.74, 6) is 1.62. The minimum atomic E-state index is 0. The summed E-state index contributed by atoms with van der Waals surface area (Å²) >= 11 is 5.21. The second-order valence-corrected chi connectivity index (χ2v) is 6.63. The summed E-state index contributed by atoms with van der Waals surface area (Å²) in [6.07, 6.45) is 0.0268. The molecule has 1 unspecified atom stereocenters. The highest BCUT2D eigenvalue weighted by Gasteiger charge is 2.08. The van der Waals surface area contributed by atoms with Crippen LogP contribution >= 0.6 is 51.2 Å². The van der Waals surface area contributed by atoms with Crippen LogP contribution in [0.5, 0.6) is 5.75 Å². The molecule has 0 saturated carbocycles. The summed E-state index contributed by atoms with van der Waals surface area (Å²) < 4.78 is 6.86. The first kappa shape index (κ1) is 20.2. The fourth-order valence-electron chi connectivity index (χ4n) is 1.84. The van der Waals surface area contributed by atoms with Gasteiger partial charge < -0.3 is 15.4 Å². The molecule has 0 amide bonds. The van der Waals surface area contributed by atoms with E-state index in [0.717, 1.165) is 22.7 Å². The lowest BCUT2D eigenvalue weighted by atomic mass is 10.3. The van der Waals surface area contributed by atoms with Crippen molar-refractivity contribution in [1.29, 1.82) is 0 Å². The molecule has 2 N–H and O–H groups in total. The zero-order valence-corrected chi connectivity index (χ0v) is 17.8. The highest BCUT2D eigenvalue weighted by atomic mass is 127. The van der Waals surface area contributed by atoms with Crippen molar-refractivity contribution < 1.29 is 4.74 Å². The predicted octanol–water partition coefficient (Wildman–Crippen LogP) is 4.26. The van der Waals surface area contributed by atoms with Crippen molar-refractivity contribution in [3.05, 3.63) is 51.1 Å². The minimum absolute atomic E-state index is 0. The van der Waals surface area contributed by atoms with Gasteiger partial charge in [-0.3, -0.25) is 4.99 Å². The zero-order valence-electron chi connectivity index (χ0n) is 13.1. The molecule has 2 aromatic rings. The van der Waals surface area contributed by atoms with Crippen LogP contribution in [0.2, 0.25) is 0 Å². The Bertz CT molecular complexity index is 607. The maximum absolute atomic E-state index is 5.90. The van der Waals surface area contributed by atoms with Crippen molar-refractivity contribution in [2.45, 2.75) is 19.6 Å². The van der Waals surface area contributed by atoms with Crippen molar-refractivity contribution in [2.24, 2.45) is 4.99 Å². The van der Waals surface area contributed by atoms with Gasteiger partial charge in [0.2, 0.25) is 0 Å². The van der Waals surface area contributed by atoms with E-state index >= 15 is 0 Å². The molecule has 0 spiro atoms. The second-order valence-electron chi connectivity index (χ2n) is 4.74. The number of guanidine groups is 1. The molecule has 1 heterocycles. The molecule has 0 bridgehead atoms. The molecule has 0 fully saturated rings. The van der Waals surface area contributed by atoms with Crippen molar-refractivity contribution in [2.75, 3.05) is 13.6 Å². The number of hydrogen-bond donors (Lipinski definition) is 2. The molecule has 0 aliphatic heterocycles. The van der Waals surface area contributed by atoms with E-state index in [9.17, 15) is 0 Å². The largest absolute Gasteiger partial charge is 0.488 e. The molecule has 1 aromatic heterocycles. The van der Waals surface area contributed by atoms with Crippen molar-refractivity contribution in [1.82, 2.24) is 10.6 Å². The highest BCUT2D eigenvalue weighted by Crippen LogP contribution is 2.24. The van der Waals surface area contributed by atoms with E-state index in [1.165, 1.54) is 4.88 Å². The van der Waals surface area contributed by atoms with E-state index in [1.54, 1.807) is 18.4 Å². The zero-order chi connectivity index (χ0) is 15.8. The maximum Gasteiger partial charge on any atom is 0.191 e. The molecule has 1 aromatic carbocycles. The SMILES string of the molecule is CN=C(NCc1cccs1)NCC(C)Oc1ccccc1Br.I. The molecule has 0 radical (unpaired) electrons. The first-order valence-electron chi connectivity index (χ1n) is 7.07. The molecular formula is C16H21BrIN3OS. The van der Waals surface area contributed by atoms with Gasteiger partial charge in [0.1, 0.15) is 11.9 Å². The van der Waals surface area contributed by atoms with Gasteiger partial charge in [0.25, 0.3) is 0 Å². The maximum atomic E-state index is 5.90. The number of thiophene rings is 1. The Morgan fingerprint density at radius 1 is 1.26 bits per heavy atom. The topological polar surface area (TPSA) is 45.7 Å². The number of benzene rings is 1. The first-order valence-corrected chi connectivity index (χ1v) is 8.74. The van der Waals surface area contributed by atoms with Crippen LogP contribution in [-0.2, 0) is 6.54 Å². The van der Waals surface area contributed by atoms with Crippen LogP contribution in [0, 0.1) is 0 Å². The van der Waals surface area contributed by atoms with E-state index in [2.05, 4.69) is 43.0 Å². The Balaban J connectivity index is 0.00000264. The van der Waals surface area contributed by atoms with Crippen LogP contribution in [0.4, 0.5) is 0 Å². The van der Waals surface area contributed by atoms with Crippen molar-refractivity contribution in [3.63, 3.8) is 0 Å². The third kappa shape index (κ3) is 7.09. The summed E-state index contributed by atoms with van der Waals surface area (Å²) in [5.41, 5.74) is 0. The fraction of sp³-hybridized carbons (Fsp3) is 0.312. The van der Waals surface area contributed by atoms with Gasteiger partial charge in [0, 0.05) is 11.9 Å². The Labute approximate surface area is 166 Å². The number of para-hydroxylation sites is 1. The normalized spacial score (nSPS) is 12.2. The van der Waals surface area contributed by atoms with Crippen LogP contribution in [-0.4, -0.2) is 25.7 Å². The van der Waals surface area contributed by atoms with Gasteiger partial charge in [-0.25, -0.2) is 0 Å². The van der Waals surface area contributed by atoms with E-state index in [-0.39, 0.29) is 30.1 Å². The smallest absolute Gasteiger partial charge is 0.191 e. The van der Waals surface area contributed by atoms with Crippen LogP contribution in [0.1, 0.15) is 11.8 Å². The van der Waals surface area contributed by atoms with Crippen molar-refractivity contribution in [3.8, 4) is 5.75 Å². The van der Waals surface area contributed by atoms with E-state index in [1.807, 2.05) is 37.3 Å². The fourth-order valence-corrected chi connectivity index (χ4v) is 2.87. The summed E-state index contributed by atoms with van der Waals surface area (Å²) in [6.45, 7) is 3.47. The van der Waals surface area contributed by atoms with Gasteiger partial charge in [-0.2, -0.15) is 0 Å². The van der Waals surface area contributed by atoms with Gasteiger partial charge in [0.15, 0.2) is 5.96 Å². The number of rotatable bonds is 6.